The van der Waals surface area contributed by atoms with Gasteiger partial charge in [0.15, 0.2) is 0 Å². The third kappa shape index (κ3) is 5.13. The van der Waals surface area contributed by atoms with E-state index in [1.54, 1.807) is 0 Å². The Morgan fingerprint density at radius 2 is 1.74 bits per heavy atom. The summed E-state index contributed by atoms with van der Waals surface area (Å²) in [5.41, 5.74) is 7.99. The van der Waals surface area contributed by atoms with E-state index in [-0.39, 0.29) is 5.54 Å². The van der Waals surface area contributed by atoms with Crippen LogP contribution in [0.5, 0.6) is 0 Å². The van der Waals surface area contributed by atoms with E-state index < -0.39 is 6.09 Å². The van der Waals surface area contributed by atoms with E-state index in [9.17, 15) is 4.79 Å². The van der Waals surface area contributed by atoms with Crippen LogP contribution in [-0.2, 0) is 6.42 Å². The molecule has 0 spiro atoms. The fourth-order valence-corrected chi connectivity index (χ4v) is 3.23. The molecule has 128 valence electrons. The fourth-order valence-electron chi connectivity index (χ4n) is 3.23. The van der Waals surface area contributed by atoms with E-state index in [0.29, 0.717) is 13.1 Å². The van der Waals surface area contributed by atoms with Gasteiger partial charge < -0.3 is 15.7 Å². The zero-order valence-electron chi connectivity index (χ0n) is 14.3. The molecule has 1 saturated heterocycles. The number of benzene rings is 1. The second kappa shape index (κ2) is 7.68. The molecule has 1 heterocycles. The Morgan fingerprint density at radius 1 is 1.13 bits per heavy atom. The molecule has 1 aliphatic rings. The summed E-state index contributed by atoms with van der Waals surface area (Å²) >= 11 is 0. The highest BCUT2D eigenvalue weighted by Crippen LogP contribution is 2.24. The Labute approximate surface area is 139 Å². The molecule has 0 aromatic heterocycles. The van der Waals surface area contributed by atoms with E-state index in [4.69, 9.17) is 10.8 Å². The lowest BCUT2D eigenvalue weighted by Crippen LogP contribution is -2.55. The number of carbonyl (C=O) groups is 1. The van der Waals surface area contributed by atoms with E-state index in [1.165, 1.54) is 23.3 Å². The van der Waals surface area contributed by atoms with Crippen LogP contribution >= 0.6 is 0 Å². The average Bonchev–Trinajstić information content (AvgIpc) is 2.53. The molecule has 23 heavy (non-hydrogen) atoms. The number of nitrogens with zero attached hydrogens (tertiary/aromatic N) is 2. The molecular formula is C18H29N3O2. The van der Waals surface area contributed by atoms with Gasteiger partial charge in [-0.25, -0.2) is 4.79 Å². The summed E-state index contributed by atoms with van der Waals surface area (Å²) in [5, 5.41) is 9.03. The first-order valence-corrected chi connectivity index (χ1v) is 8.46. The number of hydrogen-bond acceptors (Lipinski definition) is 3. The minimum Gasteiger partial charge on any atom is -0.465 e. The number of aryl methyl sites for hydroxylation is 1. The summed E-state index contributed by atoms with van der Waals surface area (Å²) < 4.78 is 0. The smallest absolute Gasteiger partial charge is 0.407 e. The van der Waals surface area contributed by atoms with Gasteiger partial charge in [-0.1, -0.05) is 18.6 Å². The highest BCUT2D eigenvalue weighted by atomic mass is 16.4. The highest BCUT2D eigenvalue weighted by Gasteiger charge is 2.30. The minimum absolute atomic E-state index is 0.131. The largest absolute Gasteiger partial charge is 0.465 e. The lowest BCUT2D eigenvalue weighted by molar-refractivity contribution is 0.0459. The van der Waals surface area contributed by atoms with Crippen LogP contribution in [0.1, 0.15) is 38.7 Å². The van der Waals surface area contributed by atoms with Crippen molar-refractivity contribution in [2.75, 3.05) is 31.9 Å². The fraction of sp³-hybridized carbons (Fsp3) is 0.611. The molecule has 3 N–H and O–H groups in total. The van der Waals surface area contributed by atoms with E-state index >= 15 is 0 Å². The summed E-state index contributed by atoms with van der Waals surface area (Å²) in [6.45, 7) is 7.43. The number of rotatable bonds is 6. The first-order valence-electron chi connectivity index (χ1n) is 8.46. The van der Waals surface area contributed by atoms with E-state index in [2.05, 4.69) is 30.9 Å². The molecule has 5 nitrogen and oxygen atoms in total. The number of carboxylic acid groups (broad SMARTS) is 1. The molecule has 1 aromatic rings. The molecule has 0 unspecified atom stereocenters. The van der Waals surface area contributed by atoms with Crippen LogP contribution in [0.4, 0.5) is 10.5 Å². The van der Waals surface area contributed by atoms with Crippen molar-refractivity contribution in [3.8, 4) is 0 Å². The maximum absolute atomic E-state index is 11.0. The normalized spacial score (nSPS) is 16.5. The summed E-state index contributed by atoms with van der Waals surface area (Å²) in [7, 11) is 0. The Morgan fingerprint density at radius 3 is 2.30 bits per heavy atom. The number of unbranched alkanes of at least 4 members (excludes halogenated alkanes) is 1. The second-order valence-electron chi connectivity index (χ2n) is 7.02. The SMILES string of the molecule is CC(C)(CCCCc1ccc(N)cc1)N1CCN(C(=O)O)CC1. The van der Waals surface area contributed by atoms with Gasteiger partial charge in [0, 0.05) is 37.4 Å². The van der Waals surface area contributed by atoms with Crippen molar-refractivity contribution < 1.29 is 9.90 Å². The standard InChI is InChI=1S/C18H29N3O2/c1-18(2,21-13-11-20(12-14-21)17(22)23)10-4-3-5-15-6-8-16(19)9-7-15/h6-9H,3-5,10-14,19H2,1-2H3,(H,22,23). The van der Waals surface area contributed by atoms with Crippen LogP contribution in [0, 0.1) is 0 Å². The van der Waals surface area contributed by atoms with Gasteiger partial charge in [-0.05, 0) is 50.8 Å². The zero-order valence-corrected chi connectivity index (χ0v) is 14.3. The lowest BCUT2D eigenvalue weighted by Gasteiger charge is -2.43. The predicted molar refractivity (Wildman–Crippen MR) is 93.7 cm³/mol. The number of amides is 1. The second-order valence-corrected chi connectivity index (χ2v) is 7.02. The molecule has 0 aliphatic carbocycles. The van der Waals surface area contributed by atoms with Crippen LogP contribution in [0.15, 0.2) is 24.3 Å². The van der Waals surface area contributed by atoms with Crippen molar-refractivity contribution in [1.82, 2.24) is 9.80 Å². The van der Waals surface area contributed by atoms with Gasteiger partial charge in [-0.3, -0.25) is 4.90 Å². The third-order valence-corrected chi connectivity index (χ3v) is 4.89. The van der Waals surface area contributed by atoms with Crippen molar-refractivity contribution in [2.24, 2.45) is 0 Å². The molecule has 2 rings (SSSR count). The molecule has 1 aromatic carbocycles. The van der Waals surface area contributed by atoms with Crippen molar-refractivity contribution in [2.45, 2.75) is 45.1 Å². The topological polar surface area (TPSA) is 69.8 Å². The number of nitrogens with two attached hydrogens (primary N) is 1. The quantitative estimate of drug-likeness (QED) is 0.624. The molecular weight excluding hydrogens is 290 g/mol. The molecule has 1 amide bonds. The van der Waals surface area contributed by atoms with Crippen molar-refractivity contribution in [3.63, 3.8) is 0 Å². The van der Waals surface area contributed by atoms with Crippen LogP contribution < -0.4 is 5.73 Å². The van der Waals surface area contributed by atoms with Crippen molar-refractivity contribution >= 4 is 11.8 Å². The maximum atomic E-state index is 11.0. The van der Waals surface area contributed by atoms with Crippen LogP contribution in [0.2, 0.25) is 0 Å². The van der Waals surface area contributed by atoms with Crippen molar-refractivity contribution in [1.29, 1.82) is 0 Å². The van der Waals surface area contributed by atoms with Crippen molar-refractivity contribution in [3.05, 3.63) is 29.8 Å². The molecule has 0 saturated carbocycles. The number of hydrogen-bond donors (Lipinski definition) is 2. The summed E-state index contributed by atoms with van der Waals surface area (Å²) in [4.78, 5) is 14.9. The zero-order chi connectivity index (χ0) is 16.9. The number of anilines is 1. The maximum Gasteiger partial charge on any atom is 0.407 e. The molecule has 0 radical (unpaired) electrons. The monoisotopic (exact) mass is 319 g/mol. The lowest BCUT2D eigenvalue weighted by atomic mass is 9.93. The van der Waals surface area contributed by atoms with Crippen LogP contribution in [0.3, 0.4) is 0 Å². The minimum atomic E-state index is -0.800. The summed E-state index contributed by atoms with van der Waals surface area (Å²) in [6, 6.07) is 8.12. The predicted octanol–water partition coefficient (Wildman–Crippen LogP) is 3.06. The Balaban J connectivity index is 1.71. The van der Waals surface area contributed by atoms with Gasteiger partial charge in [0.05, 0.1) is 0 Å². The molecule has 5 heteroatoms. The number of nitrogen functional groups attached to an aromatic ring is 1. The first kappa shape index (κ1) is 17.6. The molecule has 1 fully saturated rings. The summed E-state index contributed by atoms with van der Waals surface area (Å²) in [5.74, 6) is 0. The first-order chi connectivity index (χ1) is 10.9. The van der Waals surface area contributed by atoms with E-state index in [0.717, 1.165) is 31.6 Å². The number of piperazine rings is 1. The molecule has 0 bridgehead atoms. The van der Waals surface area contributed by atoms with Gasteiger partial charge >= 0.3 is 6.09 Å². The summed E-state index contributed by atoms with van der Waals surface area (Å²) in [6.07, 6.45) is 3.77. The Kier molecular flexibility index (Phi) is 5.88. The van der Waals surface area contributed by atoms with Gasteiger partial charge in [0.25, 0.3) is 0 Å². The third-order valence-electron chi connectivity index (χ3n) is 4.89. The average molecular weight is 319 g/mol. The van der Waals surface area contributed by atoms with Gasteiger partial charge in [0.1, 0.15) is 0 Å². The van der Waals surface area contributed by atoms with Gasteiger partial charge in [-0.15, -0.1) is 0 Å². The molecule has 0 atom stereocenters. The van der Waals surface area contributed by atoms with E-state index in [1.807, 2.05) is 12.1 Å². The van der Waals surface area contributed by atoms with Crippen LogP contribution in [-0.4, -0.2) is 52.7 Å². The molecule has 1 aliphatic heterocycles. The van der Waals surface area contributed by atoms with Gasteiger partial charge in [-0.2, -0.15) is 0 Å². The van der Waals surface area contributed by atoms with Crippen LogP contribution in [0.25, 0.3) is 0 Å². The Hall–Kier alpha value is -1.75. The van der Waals surface area contributed by atoms with Gasteiger partial charge in [0.2, 0.25) is 0 Å². The highest BCUT2D eigenvalue weighted by molar-refractivity contribution is 5.65. The Bertz CT molecular complexity index is 506.